The Kier molecular flexibility index (Phi) is 15.7. The number of hydrogen-bond donors (Lipinski definition) is 4. The van der Waals surface area contributed by atoms with Gasteiger partial charge in [0.2, 0.25) is 11.8 Å². The molecule has 12 heteroatoms. The van der Waals surface area contributed by atoms with E-state index in [9.17, 15) is 38.0 Å². The number of aliphatic carboxylic acids is 1. The van der Waals surface area contributed by atoms with E-state index in [1.807, 2.05) is 30.3 Å². The number of amides is 2. The summed E-state index contributed by atoms with van der Waals surface area (Å²) in [6.07, 6.45) is -1.85. The number of Topliss-reactive ketones (excluding diaryl/α,β-unsaturated/α-hetero) is 4. The number of carboxylic acids is 1. The van der Waals surface area contributed by atoms with Crippen LogP contribution < -0.4 is 16.4 Å². The van der Waals surface area contributed by atoms with Crippen molar-refractivity contribution in [3.05, 3.63) is 35.9 Å². The Balaban J connectivity index is 2.82. The van der Waals surface area contributed by atoms with Gasteiger partial charge in [0.15, 0.2) is 17.3 Å². The number of carboxylic acid groups (broad SMARTS) is 1. The third-order valence-electron chi connectivity index (χ3n) is 7.23. The van der Waals surface area contributed by atoms with Crippen molar-refractivity contribution in [3.8, 4) is 0 Å². The van der Waals surface area contributed by atoms with Crippen LogP contribution in [-0.2, 0) is 40.0 Å². The fraction of sp³-hybridized carbons (Fsp3) is 0.594. The van der Waals surface area contributed by atoms with Crippen LogP contribution in [0, 0.1) is 11.8 Å². The first kappa shape index (κ1) is 38.2. The Bertz CT molecular complexity index is 1180. The lowest BCUT2D eigenvalue weighted by Gasteiger charge is -2.25. The fourth-order valence-electron chi connectivity index (χ4n) is 4.42. The van der Waals surface area contributed by atoms with Crippen molar-refractivity contribution in [1.29, 1.82) is 0 Å². The number of halogens is 1. The number of alkyl halides is 1. The molecule has 0 heterocycles. The van der Waals surface area contributed by atoms with Crippen LogP contribution >= 0.6 is 0 Å². The van der Waals surface area contributed by atoms with E-state index in [0.717, 1.165) is 5.56 Å². The minimum absolute atomic E-state index is 0.184. The van der Waals surface area contributed by atoms with Gasteiger partial charge in [-0.2, -0.15) is 0 Å². The van der Waals surface area contributed by atoms with Gasteiger partial charge in [-0.05, 0) is 39.2 Å². The number of rotatable bonds is 21. The molecule has 0 saturated carbocycles. The molecule has 0 unspecified atom stereocenters. The first-order valence-corrected chi connectivity index (χ1v) is 14.8. The zero-order chi connectivity index (χ0) is 33.6. The van der Waals surface area contributed by atoms with E-state index in [-0.39, 0.29) is 37.2 Å². The molecule has 1 aromatic rings. The fourth-order valence-corrected chi connectivity index (χ4v) is 4.42. The molecule has 1 rings (SSSR count). The maximum absolute atomic E-state index is 14.6. The van der Waals surface area contributed by atoms with Crippen molar-refractivity contribution in [2.24, 2.45) is 17.6 Å². The average molecular weight is 619 g/mol. The third kappa shape index (κ3) is 15.1. The molecule has 0 bridgehead atoms. The molecule has 2 amide bonds. The summed E-state index contributed by atoms with van der Waals surface area (Å²) in [5.74, 6) is -5.71. The van der Waals surface area contributed by atoms with Gasteiger partial charge >= 0.3 is 5.97 Å². The van der Waals surface area contributed by atoms with E-state index >= 15 is 0 Å². The SMILES string of the molecule is CC(=O)[C@H](C)CC(=O)[C@H](CCC(=O)O)NC(=O)CCC(=O)[C@H](CC(C)(C)[18F])NC(=O)[C@H](C)CC(=O)[C@@H](N)Cc1ccccc1. The molecule has 0 fully saturated rings. The lowest BCUT2D eigenvalue weighted by Crippen LogP contribution is -2.47. The third-order valence-corrected chi connectivity index (χ3v) is 7.23. The van der Waals surface area contributed by atoms with E-state index in [1.165, 1.54) is 27.7 Å². The van der Waals surface area contributed by atoms with Crippen molar-refractivity contribution in [3.63, 3.8) is 0 Å². The molecule has 5 atom stereocenters. The number of nitrogens with one attached hydrogen (secondary N) is 2. The van der Waals surface area contributed by atoms with Crippen LogP contribution in [-0.4, -0.2) is 69.8 Å². The normalized spacial score (nSPS) is 14.8. The predicted molar refractivity (Wildman–Crippen MR) is 161 cm³/mol. The molecule has 244 valence electrons. The molecule has 0 aliphatic rings. The zero-order valence-corrected chi connectivity index (χ0v) is 26.2. The van der Waals surface area contributed by atoms with E-state index in [0.29, 0.717) is 6.42 Å². The highest BCUT2D eigenvalue weighted by atomic mass is 18.2. The molecule has 1 aromatic carbocycles. The van der Waals surface area contributed by atoms with Crippen LogP contribution in [0.15, 0.2) is 30.3 Å². The second kappa shape index (κ2) is 18.1. The van der Waals surface area contributed by atoms with Crippen molar-refractivity contribution >= 4 is 40.9 Å². The van der Waals surface area contributed by atoms with Gasteiger partial charge in [0.25, 0.3) is 0 Å². The van der Waals surface area contributed by atoms with Gasteiger partial charge in [-0.3, -0.25) is 33.6 Å². The maximum atomic E-state index is 14.6. The molecule has 0 radical (unpaired) electrons. The Morgan fingerprint density at radius 3 is 1.98 bits per heavy atom. The largest absolute Gasteiger partial charge is 0.481 e. The first-order valence-electron chi connectivity index (χ1n) is 14.8. The Morgan fingerprint density at radius 1 is 0.841 bits per heavy atom. The first-order chi connectivity index (χ1) is 20.4. The summed E-state index contributed by atoms with van der Waals surface area (Å²) in [5, 5.41) is 14.0. The number of nitrogens with two attached hydrogens (primary N) is 1. The lowest BCUT2D eigenvalue weighted by molar-refractivity contribution is -0.138. The second-order valence-corrected chi connectivity index (χ2v) is 12.1. The number of carbonyl (C=O) groups is 7. The molecule has 44 heavy (non-hydrogen) atoms. The molecule has 0 aromatic heterocycles. The summed E-state index contributed by atoms with van der Waals surface area (Å²) in [7, 11) is 0. The highest BCUT2D eigenvalue weighted by molar-refractivity contribution is 5.95. The Hall–Kier alpha value is -3.80. The summed E-state index contributed by atoms with van der Waals surface area (Å²) in [6.45, 7) is 6.84. The topological polar surface area (TPSA) is 190 Å². The lowest BCUT2D eigenvalue weighted by atomic mass is 9.92. The minimum Gasteiger partial charge on any atom is -0.481 e. The molecule has 0 saturated heterocycles. The van der Waals surface area contributed by atoms with Crippen LogP contribution in [0.1, 0.15) is 85.1 Å². The van der Waals surface area contributed by atoms with Gasteiger partial charge in [-0.25, -0.2) is 4.39 Å². The molecule has 5 N–H and O–H groups in total. The monoisotopic (exact) mass is 618 g/mol. The number of ketones is 4. The highest BCUT2D eigenvalue weighted by Gasteiger charge is 2.32. The van der Waals surface area contributed by atoms with Crippen LogP contribution in [0.3, 0.4) is 0 Å². The van der Waals surface area contributed by atoms with E-state index in [2.05, 4.69) is 10.6 Å². The van der Waals surface area contributed by atoms with Crippen LogP contribution in [0.5, 0.6) is 0 Å². The van der Waals surface area contributed by atoms with Crippen LogP contribution in [0.2, 0.25) is 0 Å². The highest BCUT2D eigenvalue weighted by Crippen LogP contribution is 2.19. The maximum Gasteiger partial charge on any atom is 0.303 e. The summed E-state index contributed by atoms with van der Waals surface area (Å²) >= 11 is 0. The van der Waals surface area contributed by atoms with E-state index in [1.54, 1.807) is 6.92 Å². The smallest absolute Gasteiger partial charge is 0.303 e. The van der Waals surface area contributed by atoms with Crippen molar-refractivity contribution in [2.45, 2.75) is 110 Å². The van der Waals surface area contributed by atoms with Crippen molar-refractivity contribution < 1.29 is 43.1 Å². The summed E-state index contributed by atoms with van der Waals surface area (Å²) in [4.78, 5) is 86.5. The standard InChI is InChI=1S/C32H46FN3O8/c1-19(21(3)37)15-28(40)24(11-14-30(42)43)35-29(41)13-12-26(38)25(18-32(4,5)33)36-31(44)20(2)16-27(39)23(34)17-22-9-7-6-8-10-22/h6-10,19-20,23-25H,11-18,34H2,1-5H3,(H,35,41)(H,36,44)(H,42,43)/t19-,20-,23+,24+,25+/m1/s1/i33-1. The van der Waals surface area contributed by atoms with Gasteiger partial charge in [0.05, 0.1) is 18.1 Å². The van der Waals surface area contributed by atoms with Gasteiger partial charge < -0.3 is 21.5 Å². The zero-order valence-electron chi connectivity index (χ0n) is 26.2. The number of carbonyl (C=O) groups excluding carboxylic acids is 6. The van der Waals surface area contributed by atoms with Crippen LogP contribution in [0.4, 0.5) is 4.39 Å². The van der Waals surface area contributed by atoms with Gasteiger partial charge in [-0.15, -0.1) is 0 Å². The van der Waals surface area contributed by atoms with E-state index < -0.39 is 84.2 Å². The quantitative estimate of drug-likeness (QED) is 0.160. The molecule has 11 nitrogen and oxygen atoms in total. The molecule has 0 aliphatic carbocycles. The van der Waals surface area contributed by atoms with Crippen molar-refractivity contribution in [1.82, 2.24) is 10.6 Å². The van der Waals surface area contributed by atoms with Gasteiger partial charge in [0.1, 0.15) is 11.5 Å². The average Bonchev–Trinajstić information content (AvgIpc) is 2.92. The summed E-state index contributed by atoms with van der Waals surface area (Å²) in [5.41, 5.74) is 5.05. The van der Waals surface area contributed by atoms with Gasteiger partial charge in [0, 0.05) is 50.4 Å². The predicted octanol–water partition coefficient (Wildman–Crippen LogP) is 2.66. The van der Waals surface area contributed by atoms with E-state index in [4.69, 9.17) is 10.8 Å². The molecular weight excluding hydrogens is 572 g/mol. The summed E-state index contributed by atoms with van der Waals surface area (Å²) in [6, 6.07) is 5.88. The Labute approximate surface area is 257 Å². The van der Waals surface area contributed by atoms with Crippen LogP contribution in [0.25, 0.3) is 0 Å². The van der Waals surface area contributed by atoms with Crippen molar-refractivity contribution in [2.75, 3.05) is 0 Å². The Morgan fingerprint density at radius 2 is 1.43 bits per heavy atom. The minimum atomic E-state index is -1.85. The second-order valence-electron chi connectivity index (χ2n) is 12.1. The number of benzene rings is 1. The molecule has 0 aliphatic heterocycles. The molecule has 0 spiro atoms. The summed E-state index contributed by atoms with van der Waals surface area (Å²) < 4.78 is 14.6. The number of hydrogen-bond acceptors (Lipinski definition) is 8. The molecular formula is C32H46FN3O8. The van der Waals surface area contributed by atoms with Gasteiger partial charge in [-0.1, -0.05) is 44.2 Å².